The molecule has 0 aliphatic carbocycles. The molecule has 0 radical (unpaired) electrons. The largest absolute Gasteiger partial charge is 0.392 e. The lowest BCUT2D eigenvalue weighted by Crippen LogP contribution is -2.13. The topological polar surface area (TPSA) is 80.0 Å². The molecular formula is C17H16N4O2. The first-order valence-corrected chi connectivity index (χ1v) is 7.14. The maximum Gasteiger partial charge on any atom is 0.255 e. The maximum absolute atomic E-state index is 12.5. The highest BCUT2D eigenvalue weighted by atomic mass is 16.3. The van der Waals surface area contributed by atoms with Crippen LogP contribution in [0.2, 0.25) is 0 Å². The molecule has 0 atom stereocenters. The monoisotopic (exact) mass is 308 g/mol. The Morgan fingerprint density at radius 3 is 2.87 bits per heavy atom. The van der Waals surface area contributed by atoms with Crippen LogP contribution in [0.5, 0.6) is 0 Å². The molecule has 0 bridgehead atoms. The number of aromatic nitrogens is 3. The average molecular weight is 308 g/mol. The van der Waals surface area contributed by atoms with Gasteiger partial charge in [0.1, 0.15) is 12.7 Å². The van der Waals surface area contributed by atoms with Crippen molar-refractivity contribution in [3.8, 4) is 5.69 Å². The van der Waals surface area contributed by atoms with E-state index < -0.39 is 0 Å². The van der Waals surface area contributed by atoms with E-state index in [1.807, 2.05) is 25.1 Å². The van der Waals surface area contributed by atoms with Crippen molar-refractivity contribution < 1.29 is 9.90 Å². The van der Waals surface area contributed by atoms with Gasteiger partial charge in [-0.1, -0.05) is 18.2 Å². The first-order valence-electron chi connectivity index (χ1n) is 7.14. The Kier molecular flexibility index (Phi) is 4.16. The molecule has 0 aliphatic rings. The summed E-state index contributed by atoms with van der Waals surface area (Å²) in [5.41, 5.74) is 3.65. The second-order valence-electron chi connectivity index (χ2n) is 5.15. The number of aryl methyl sites for hydroxylation is 1. The zero-order valence-corrected chi connectivity index (χ0v) is 12.6. The minimum absolute atomic E-state index is 0.0645. The number of nitrogens with zero attached hydrogens (tertiary/aromatic N) is 3. The fourth-order valence-electron chi connectivity index (χ4n) is 2.23. The average Bonchev–Trinajstić information content (AvgIpc) is 3.11. The summed E-state index contributed by atoms with van der Waals surface area (Å²) in [4.78, 5) is 16.4. The van der Waals surface area contributed by atoms with Gasteiger partial charge in [0.25, 0.3) is 5.91 Å². The van der Waals surface area contributed by atoms with Gasteiger partial charge in [-0.2, -0.15) is 5.10 Å². The highest BCUT2D eigenvalue weighted by molar-refractivity contribution is 6.05. The molecule has 116 valence electrons. The van der Waals surface area contributed by atoms with Gasteiger partial charge in [0.05, 0.1) is 12.3 Å². The third-order valence-electron chi connectivity index (χ3n) is 3.52. The fraction of sp³-hybridized carbons (Fsp3) is 0.118. The van der Waals surface area contributed by atoms with E-state index in [2.05, 4.69) is 15.4 Å². The van der Waals surface area contributed by atoms with Crippen molar-refractivity contribution in [2.24, 2.45) is 0 Å². The lowest BCUT2D eigenvalue weighted by Gasteiger charge is -2.10. The second kappa shape index (κ2) is 6.41. The molecule has 3 aromatic rings. The summed E-state index contributed by atoms with van der Waals surface area (Å²) >= 11 is 0. The van der Waals surface area contributed by atoms with Crippen molar-refractivity contribution in [3.05, 3.63) is 71.8 Å². The van der Waals surface area contributed by atoms with Crippen molar-refractivity contribution in [1.82, 2.24) is 14.8 Å². The zero-order valence-electron chi connectivity index (χ0n) is 12.6. The van der Waals surface area contributed by atoms with E-state index in [-0.39, 0.29) is 12.5 Å². The van der Waals surface area contributed by atoms with Gasteiger partial charge in [-0.05, 0) is 42.3 Å². The Bertz CT molecular complexity index is 828. The normalized spacial score (nSPS) is 10.5. The molecule has 2 aromatic carbocycles. The molecule has 0 spiro atoms. The quantitative estimate of drug-likeness (QED) is 0.775. The van der Waals surface area contributed by atoms with Gasteiger partial charge in [0, 0.05) is 11.3 Å². The molecule has 0 unspecified atom stereocenters. The van der Waals surface area contributed by atoms with Gasteiger partial charge in [-0.3, -0.25) is 4.79 Å². The number of amides is 1. The Balaban J connectivity index is 1.85. The van der Waals surface area contributed by atoms with Crippen molar-refractivity contribution in [2.75, 3.05) is 5.32 Å². The highest BCUT2D eigenvalue weighted by Gasteiger charge is 2.10. The highest BCUT2D eigenvalue weighted by Crippen LogP contribution is 2.18. The van der Waals surface area contributed by atoms with Crippen LogP contribution in [0.4, 0.5) is 5.69 Å². The van der Waals surface area contributed by atoms with Gasteiger partial charge in [0.15, 0.2) is 0 Å². The fourth-order valence-corrected chi connectivity index (χ4v) is 2.23. The number of benzene rings is 2. The SMILES string of the molecule is Cc1ccc(CO)cc1NC(=O)c1cccc(-n2cncn2)c1. The van der Waals surface area contributed by atoms with Crippen LogP contribution >= 0.6 is 0 Å². The van der Waals surface area contributed by atoms with Crippen molar-refractivity contribution in [2.45, 2.75) is 13.5 Å². The van der Waals surface area contributed by atoms with Gasteiger partial charge in [0.2, 0.25) is 0 Å². The predicted octanol–water partition coefficient (Wildman–Crippen LogP) is 2.32. The Morgan fingerprint density at radius 1 is 1.26 bits per heavy atom. The molecule has 3 rings (SSSR count). The third kappa shape index (κ3) is 3.27. The minimum Gasteiger partial charge on any atom is -0.392 e. The number of aliphatic hydroxyl groups is 1. The van der Waals surface area contributed by atoms with E-state index in [1.54, 1.807) is 35.3 Å². The van der Waals surface area contributed by atoms with E-state index >= 15 is 0 Å². The predicted molar refractivity (Wildman–Crippen MR) is 86.4 cm³/mol. The van der Waals surface area contributed by atoms with E-state index in [0.29, 0.717) is 11.3 Å². The van der Waals surface area contributed by atoms with Gasteiger partial charge in [-0.15, -0.1) is 0 Å². The summed E-state index contributed by atoms with van der Waals surface area (Å²) in [6.07, 6.45) is 3.02. The third-order valence-corrected chi connectivity index (χ3v) is 3.52. The Morgan fingerprint density at radius 2 is 2.13 bits per heavy atom. The molecule has 6 heteroatoms. The lowest BCUT2D eigenvalue weighted by molar-refractivity contribution is 0.102. The van der Waals surface area contributed by atoms with Crippen LogP contribution in [-0.4, -0.2) is 25.8 Å². The van der Waals surface area contributed by atoms with Crippen molar-refractivity contribution in [3.63, 3.8) is 0 Å². The molecule has 1 heterocycles. The van der Waals surface area contributed by atoms with Crippen LogP contribution in [0, 0.1) is 6.92 Å². The van der Waals surface area contributed by atoms with E-state index in [1.165, 1.54) is 6.33 Å². The van der Waals surface area contributed by atoms with E-state index in [9.17, 15) is 9.90 Å². The number of aliphatic hydroxyl groups excluding tert-OH is 1. The number of anilines is 1. The molecule has 1 aromatic heterocycles. The van der Waals surface area contributed by atoms with Crippen LogP contribution in [0.25, 0.3) is 5.69 Å². The van der Waals surface area contributed by atoms with Crippen LogP contribution in [-0.2, 0) is 6.61 Å². The molecule has 23 heavy (non-hydrogen) atoms. The summed E-state index contributed by atoms with van der Waals surface area (Å²) in [6, 6.07) is 12.6. The van der Waals surface area contributed by atoms with Crippen molar-refractivity contribution >= 4 is 11.6 Å². The lowest BCUT2D eigenvalue weighted by atomic mass is 10.1. The number of rotatable bonds is 4. The Labute approximate surface area is 133 Å². The number of hydrogen-bond acceptors (Lipinski definition) is 4. The first-order chi connectivity index (χ1) is 11.2. The smallest absolute Gasteiger partial charge is 0.255 e. The molecule has 6 nitrogen and oxygen atoms in total. The second-order valence-corrected chi connectivity index (χ2v) is 5.15. The van der Waals surface area contributed by atoms with Crippen molar-refractivity contribution in [1.29, 1.82) is 0 Å². The molecule has 0 fully saturated rings. The molecule has 0 saturated carbocycles. The summed E-state index contributed by atoms with van der Waals surface area (Å²) in [5, 5.41) is 16.1. The van der Waals surface area contributed by atoms with Crippen LogP contribution in [0.3, 0.4) is 0 Å². The molecule has 0 saturated heterocycles. The number of nitrogens with one attached hydrogen (secondary N) is 1. The Hall–Kier alpha value is -2.99. The van der Waals surface area contributed by atoms with Crippen LogP contribution in [0.15, 0.2) is 55.1 Å². The van der Waals surface area contributed by atoms with E-state index in [0.717, 1.165) is 16.8 Å². The number of hydrogen-bond donors (Lipinski definition) is 2. The standard InChI is InChI=1S/C17H16N4O2/c1-12-5-6-13(9-22)7-16(12)20-17(23)14-3-2-4-15(8-14)21-11-18-10-19-21/h2-8,10-11,22H,9H2,1H3,(H,20,23). The molecule has 1 amide bonds. The summed E-state index contributed by atoms with van der Waals surface area (Å²) in [5.74, 6) is -0.217. The molecule has 0 aliphatic heterocycles. The van der Waals surface area contributed by atoms with Crippen LogP contribution < -0.4 is 5.32 Å². The summed E-state index contributed by atoms with van der Waals surface area (Å²) in [7, 11) is 0. The van der Waals surface area contributed by atoms with Crippen LogP contribution in [0.1, 0.15) is 21.5 Å². The molecular weight excluding hydrogens is 292 g/mol. The van der Waals surface area contributed by atoms with Gasteiger partial charge >= 0.3 is 0 Å². The number of carbonyl (C=O) groups is 1. The zero-order chi connectivity index (χ0) is 16.2. The first kappa shape index (κ1) is 14.9. The van der Waals surface area contributed by atoms with Gasteiger partial charge in [-0.25, -0.2) is 9.67 Å². The summed E-state index contributed by atoms with van der Waals surface area (Å²) < 4.78 is 1.59. The maximum atomic E-state index is 12.5. The minimum atomic E-state index is -0.217. The summed E-state index contributed by atoms with van der Waals surface area (Å²) in [6.45, 7) is 1.84. The molecule has 2 N–H and O–H groups in total. The van der Waals surface area contributed by atoms with Gasteiger partial charge < -0.3 is 10.4 Å². The van der Waals surface area contributed by atoms with E-state index in [4.69, 9.17) is 0 Å². The number of carbonyl (C=O) groups excluding carboxylic acids is 1.